The molecule has 3 N–H and O–H groups in total. The number of nitrogens with one attached hydrogen (secondary N) is 1. The summed E-state index contributed by atoms with van der Waals surface area (Å²) in [5, 5.41) is 0. The van der Waals surface area contributed by atoms with Gasteiger partial charge in [0.2, 0.25) is 0 Å². The fraction of sp³-hybridized carbons (Fsp3) is 0.692. The first-order valence-electron chi connectivity index (χ1n) is 6.25. The van der Waals surface area contributed by atoms with Crippen molar-refractivity contribution in [3.8, 4) is 0 Å². The Labute approximate surface area is 110 Å². The van der Waals surface area contributed by atoms with E-state index in [-0.39, 0.29) is 5.41 Å². The maximum Gasteiger partial charge on any atom is 0.145 e. The molecule has 1 rings (SSSR count). The van der Waals surface area contributed by atoms with Crippen molar-refractivity contribution in [2.24, 2.45) is 11.3 Å². The lowest BCUT2D eigenvalue weighted by Crippen LogP contribution is -2.39. The molecule has 102 valence electrons. The molecule has 1 aromatic rings. The highest BCUT2D eigenvalue weighted by Crippen LogP contribution is 2.23. The van der Waals surface area contributed by atoms with Crippen LogP contribution >= 0.6 is 0 Å². The van der Waals surface area contributed by atoms with Gasteiger partial charge >= 0.3 is 0 Å². The zero-order chi connectivity index (χ0) is 13.9. The number of aromatic nitrogens is 2. The van der Waals surface area contributed by atoms with Gasteiger partial charge in [-0.15, -0.1) is 0 Å². The highest BCUT2D eigenvalue weighted by molar-refractivity contribution is 5.33. The predicted molar refractivity (Wildman–Crippen MR) is 75.0 cm³/mol. The van der Waals surface area contributed by atoms with Crippen molar-refractivity contribution in [3.63, 3.8) is 0 Å². The summed E-state index contributed by atoms with van der Waals surface area (Å²) < 4.78 is 0. The molecule has 0 spiro atoms. The first-order chi connectivity index (χ1) is 8.24. The molecule has 0 fully saturated rings. The van der Waals surface area contributed by atoms with E-state index in [1.807, 2.05) is 13.0 Å². The number of hydrogen-bond donors (Lipinski definition) is 2. The molecule has 0 aliphatic rings. The number of nitrogen functional groups attached to an aromatic ring is 1. The molecule has 0 aliphatic carbocycles. The van der Waals surface area contributed by atoms with E-state index < -0.39 is 0 Å². The summed E-state index contributed by atoms with van der Waals surface area (Å²) in [6.45, 7) is 11.6. The maximum absolute atomic E-state index is 5.39. The Morgan fingerprint density at radius 2 is 2.00 bits per heavy atom. The Morgan fingerprint density at radius 1 is 1.39 bits per heavy atom. The summed E-state index contributed by atoms with van der Waals surface area (Å²) in [6, 6.07) is 2.27. The molecule has 0 saturated carbocycles. The molecule has 5 heteroatoms. The molecule has 5 nitrogen and oxygen atoms in total. The number of anilines is 1. The van der Waals surface area contributed by atoms with E-state index in [0.717, 1.165) is 18.1 Å². The minimum absolute atomic E-state index is 0.230. The van der Waals surface area contributed by atoms with Crippen LogP contribution in [0.4, 0.5) is 5.82 Å². The normalized spacial score (nSPS) is 13.8. The average molecular weight is 251 g/mol. The summed E-state index contributed by atoms with van der Waals surface area (Å²) in [7, 11) is 2.09. The third-order valence-electron chi connectivity index (χ3n) is 3.35. The van der Waals surface area contributed by atoms with E-state index in [1.54, 1.807) is 0 Å². The molecule has 0 saturated heterocycles. The van der Waals surface area contributed by atoms with E-state index in [1.165, 1.54) is 0 Å². The topological polar surface area (TPSA) is 67.1 Å². The molecule has 1 unspecified atom stereocenters. The minimum atomic E-state index is 0.230. The van der Waals surface area contributed by atoms with E-state index in [0.29, 0.717) is 11.9 Å². The fourth-order valence-corrected chi connectivity index (χ4v) is 1.80. The largest absolute Gasteiger partial charge is 0.308 e. The summed E-state index contributed by atoms with van der Waals surface area (Å²) in [5.41, 5.74) is 3.72. The molecular weight excluding hydrogens is 226 g/mol. The van der Waals surface area contributed by atoms with Gasteiger partial charge in [0.15, 0.2) is 0 Å². The van der Waals surface area contributed by atoms with Crippen LogP contribution < -0.4 is 11.3 Å². The highest BCUT2D eigenvalue weighted by atomic mass is 15.3. The summed E-state index contributed by atoms with van der Waals surface area (Å²) >= 11 is 0. The van der Waals surface area contributed by atoms with Gasteiger partial charge in [-0.05, 0) is 26.3 Å². The molecule has 0 amide bonds. The Balaban J connectivity index is 2.81. The quantitative estimate of drug-likeness (QED) is 0.632. The number of nitrogens with zero attached hydrogens (tertiary/aromatic N) is 3. The van der Waals surface area contributed by atoms with E-state index >= 15 is 0 Å². The number of hydrazine groups is 1. The van der Waals surface area contributed by atoms with Crippen LogP contribution in [0.15, 0.2) is 6.07 Å². The molecule has 18 heavy (non-hydrogen) atoms. The van der Waals surface area contributed by atoms with Gasteiger partial charge in [0.1, 0.15) is 11.6 Å². The second-order valence-corrected chi connectivity index (χ2v) is 5.91. The highest BCUT2D eigenvalue weighted by Gasteiger charge is 2.24. The molecule has 0 aliphatic heterocycles. The van der Waals surface area contributed by atoms with Crippen LogP contribution in [-0.4, -0.2) is 28.0 Å². The van der Waals surface area contributed by atoms with Gasteiger partial charge in [-0.25, -0.2) is 15.8 Å². The van der Waals surface area contributed by atoms with E-state index in [2.05, 4.69) is 55.0 Å². The average Bonchev–Trinajstić information content (AvgIpc) is 2.25. The van der Waals surface area contributed by atoms with Crippen LogP contribution in [-0.2, 0) is 6.54 Å². The second-order valence-electron chi connectivity index (χ2n) is 5.91. The Bertz CT molecular complexity index is 397. The van der Waals surface area contributed by atoms with Crippen molar-refractivity contribution in [1.29, 1.82) is 0 Å². The smallest absolute Gasteiger partial charge is 0.145 e. The number of hydrogen-bond acceptors (Lipinski definition) is 5. The van der Waals surface area contributed by atoms with Gasteiger partial charge in [-0.1, -0.05) is 20.8 Å². The predicted octanol–water partition coefficient (Wildman–Crippen LogP) is 1.94. The molecule has 1 heterocycles. The van der Waals surface area contributed by atoms with Crippen molar-refractivity contribution in [1.82, 2.24) is 14.9 Å². The lowest BCUT2D eigenvalue weighted by molar-refractivity contribution is 0.132. The van der Waals surface area contributed by atoms with E-state index in [9.17, 15) is 0 Å². The van der Waals surface area contributed by atoms with Gasteiger partial charge in [-0.3, -0.25) is 4.90 Å². The van der Waals surface area contributed by atoms with Crippen molar-refractivity contribution < 1.29 is 0 Å². The zero-order valence-electron chi connectivity index (χ0n) is 12.3. The van der Waals surface area contributed by atoms with Gasteiger partial charge in [0.25, 0.3) is 0 Å². The molecule has 0 aromatic carbocycles. The third kappa shape index (κ3) is 3.92. The Morgan fingerprint density at radius 3 is 2.50 bits per heavy atom. The fourth-order valence-electron chi connectivity index (χ4n) is 1.80. The van der Waals surface area contributed by atoms with Crippen LogP contribution in [0.3, 0.4) is 0 Å². The standard InChI is InChI=1S/C13H25N5/c1-9-7-11(17-14)16-12(15-9)8-18(6)10(2)13(3,4)5/h7,10H,8,14H2,1-6H3,(H,15,16,17). The monoisotopic (exact) mass is 251 g/mol. The molecule has 0 bridgehead atoms. The maximum atomic E-state index is 5.39. The SMILES string of the molecule is Cc1cc(NN)nc(CN(C)C(C)C(C)(C)C)n1. The van der Waals surface area contributed by atoms with Gasteiger partial charge in [0.05, 0.1) is 6.54 Å². The van der Waals surface area contributed by atoms with Crippen molar-refractivity contribution >= 4 is 5.82 Å². The van der Waals surface area contributed by atoms with Crippen LogP contribution in [0.5, 0.6) is 0 Å². The molecule has 1 aromatic heterocycles. The van der Waals surface area contributed by atoms with E-state index in [4.69, 9.17) is 5.84 Å². The van der Waals surface area contributed by atoms with Crippen LogP contribution in [0, 0.1) is 12.3 Å². The van der Waals surface area contributed by atoms with Crippen molar-refractivity contribution in [2.75, 3.05) is 12.5 Å². The first-order valence-corrected chi connectivity index (χ1v) is 6.25. The molecule has 0 radical (unpaired) electrons. The lowest BCUT2D eigenvalue weighted by atomic mass is 9.87. The number of rotatable bonds is 4. The van der Waals surface area contributed by atoms with Crippen LogP contribution in [0.1, 0.15) is 39.2 Å². The number of nitrogens with two attached hydrogens (primary N) is 1. The Kier molecular flexibility index (Phi) is 4.65. The molecular formula is C13H25N5. The van der Waals surface area contributed by atoms with Crippen molar-refractivity contribution in [3.05, 3.63) is 17.6 Å². The third-order valence-corrected chi connectivity index (χ3v) is 3.35. The Hall–Kier alpha value is -1.20. The van der Waals surface area contributed by atoms with Crippen molar-refractivity contribution in [2.45, 2.75) is 47.2 Å². The first kappa shape index (κ1) is 14.9. The summed E-state index contributed by atoms with van der Waals surface area (Å²) in [6.07, 6.45) is 0. The summed E-state index contributed by atoms with van der Waals surface area (Å²) in [4.78, 5) is 11.1. The van der Waals surface area contributed by atoms with Crippen LogP contribution in [0.25, 0.3) is 0 Å². The zero-order valence-corrected chi connectivity index (χ0v) is 12.3. The minimum Gasteiger partial charge on any atom is -0.308 e. The summed E-state index contributed by atoms with van der Waals surface area (Å²) in [5.74, 6) is 6.85. The van der Waals surface area contributed by atoms with Gasteiger partial charge < -0.3 is 5.43 Å². The molecule has 1 atom stereocenters. The van der Waals surface area contributed by atoms with Crippen LogP contribution in [0.2, 0.25) is 0 Å². The number of aryl methyl sites for hydroxylation is 1. The van der Waals surface area contributed by atoms with Gasteiger partial charge in [0, 0.05) is 17.8 Å². The van der Waals surface area contributed by atoms with Gasteiger partial charge in [-0.2, -0.15) is 0 Å². The second kappa shape index (κ2) is 5.63. The lowest BCUT2D eigenvalue weighted by Gasteiger charge is -2.35.